The largest absolute Gasteiger partial charge is 0.493 e. The van der Waals surface area contributed by atoms with Crippen molar-refractivity contribution in [2.75, 3.05) is 19.5 Å². The van der Waals surface area contributed by atoms with Crippen LogP contribution in [0.2, 0.25) is 0 Å². The van der Waals surface area contributed by atoms with Gasteiger partial charge in [-0.05, 0) is 35.5 Å². The molecule has 1 N–H and O–H groups in total. The molecule has 0 aliphatic carbocycles. The Morgan fingerprint density at radius 1 is 0.786 bits per heavy atom. The first-order valence-corrected chi connectivity index (χ1v) is 9.47. The summed E-state index contributed by atoms with van der Waals surface area (Å²) < 4.78 is 10.9. The van der Waals surface area contributed by atoms with Gasteiger partial charge in [0.05, 0.1) is 19.9 Å². The molecule has 0 saturated heterocycles. The molecule has 3 rings (SSSR count). The smallest absolute Gasteiger partial charge is 0.184 e. The minimum Gasteiger partial charge on any atom is -0.493 e. The number of anilines is 1. The molecule has 0 aliphatic heterocycles. The van der Waals surface area contributed by atoms with Gasteiger partial charge in [-0.1, -0.05) is 66.7 Å². The van der Waals surface area contributed by atoms with Gasteiger partial charge in [-0.2, -0.15) is 0 Å². The van der Waals surface area contributed by atoms with Gasteiger partial charge in [0.15, 0.2) is 16.6 Å². The van der Waals surface area contributed by atoms with Crippen LogP contribution in [0.1, 0.15) is 11.1 Å². The molecule has 4 nitrogen and oxygen atoms in total. The lowest BCUT2D eigenvalue weighted by Crippen LogP contribution is -2.34. The van der Waals surface area contributed by atoms with Gasteiger partial charge in [0.25, 0.3) is 0 Å². The van der Waals surface area contributed by atoms with Crippen molar-refractivity contribution in [2.24, 2.45) is 0 Å². The second kappa shape index (κ2) is 9.76. The Balaban J connectivity index is 1.84. The number of nitrogens with zero attached hydrogens (tertiary/aromatic N) is 1. The number of methoxy groups -OCH3 is 2. The van der Waals surface area contributed by atoms with Crippen LogP contribution in [0.15, 0.2) is 78.9 Å². The molecule has 0 bridgehead atoms. The van der Waals surface area contributed by atoms with Gasteiger partial charge in [0.1, 0.15) is 0 Å². The fourth-order valence-electron chi connectivity index (χ4n) is 2.99. The average molecular weight is 393 g/mol. The van der Waals surface area contributed by atoms with E-state index < -0.39 is 0 Å². The molecule has 0 spiro atoms. The second-order valence-electron chi connectivity index (χ2n) is 6.30. The predicted octanol–water partition coefficient (Wildman–Crippen LogP) is 5.10. The van der Waals surface area contributed by atoms with Gasteiger partial charge >= 0.3 is 0 Å². The first-order valence-electron chi connectivity index (χ1n) is 9.06. The highest BCUT2D eigenvalue weighted by Crippen LogP contribution is 2.35. The Labute approximate surface area is 171 Å². The van der Waals surface area contributed by atoms with Crippen molar-refractivity contribution in [3.63, 3.8) is 0 Å². The van der Waals surface area contributed by atoms with Crippen LogP contribution >= 0.6 is 12.2 Å². The maximum Gasteiger partial charge on any atom is 0.184 e. The number of para-hydroxylation sites is 1. The maximum atomic E-state index is 5.76. The molecule has 0 aliphatic rings. The molecule has 0 radical (unpaired) electrons. The van der Waals surface area contributed by atoms with Crippen LogP contribution in [0, 0.1) is 0 Å². The van der Waals surface area contributed by atoms with E-state index >= 15 is 0 Å². The van der Waals surface area contributed by atoms with Crippen LogP contribution in [-0.2, 0) is 13.1 Å². The van der Waals surface area contributed by atoms with E-state index in [0.717, 1.165) is 5.69 Å². The molecule has 5 heteroatoms. The fraction of sp³-hybridized carbons (Fsp3) is 0.174. The molecule has 0 amide bonds. The number of hydrogen-bond acceptors (Lipinski definition) is 3. The number of nitrogens with one attached hydrogen (secondary N) is 1. The van der Waals surface area contributed by atoms with Crippen LogP contribution in [0.5, 0.6) is 11.5 Å². The van der Waals surface area contributed by atoms with Crippen molar-refractivity contribution in [1.82, 2.24) is 4.90 Å². The number of rotatable bonds is 7. The van der Waals surface area contributed by atoms with Gasteiger partial charge in [0, 0.05) is 13.1 Å². The van der Waals surface area contributed by atoms with Gasteiger partial charge in [-0.3, -0.25) is 0 Å². The highest BCUT2D eigenvalue weighted by Gasteiger charge is 2.15. The van der Waals surface area contributed by atoms with Gasteiger partial charge < -0.3 is 19.7 Å². The predicted molar refractivity (Wildman–Crippen MR) is 118 cm³/mol. The van der Waals surface area contributed by atoms with E-state index in [1.54, 1.807) is 14.2 Å². The van der Waals surface area contributed by atoms with E-state index in [-0.39, 0.29) is 0 Å². The topological polar surface area (TPSA) is 33.7 Å². The second-order valence-corrected chi connectivity index (χ2v) is 6.69. The third kappa shape index (κ3) is 5.02. The molecular weight excluding hydrogens is 368 g/mol. The minimum atomic E-state index is 0.624. The van der Waals surface area contributed by atoms with E-state index in [2.05, 4.69) is 34.5 Å². The molecule has 28 heavy (non-hydrogen) atoms. The third-order valence-corrected chi connectivity index (χ3v) is 4.72. The number of ether oxygens (including phenoxy) is 2. The van der Waals surface area contributed by atoms with Gasteiger partial charge in [0.2, 0.25) is 0 Å². The van der Waals surface area contributed by atoms with Crippen molar-refractivity contribution < 1.29 is 9.47 Å². The van der Waals surface area contributed by atoms with Crippen LogP contribution in [-0.4, -0.2) is 24.2 Å². The van der Waals surface area contributed by atoms with E-state index in [1.807, 2.05) is 54.6 Å². The summed E-state index contributed by atoms with van der Waals surface area (Å²) in [5.74, 6) is 1.29. The molecule has 0 fully saturated rings. The van der Waals surface area contributed by atoms with Crippen molar-refractivity contribution >= 4 is 23.0 Å². The first-order chi connectivity index (χ1) is 13.7. The highest BCUT2D eigenvalue weighted by molar-refractivity contribution is 7.80. The number of hydrogen-bond donors (Lipinski definition) is 1. The molecule has 144 valence electrons. The van der Waals surface area contributed by atoms with E-state index in [0.29, 0.717) is 29.7 Å². The average Bonchev–Trinajstić information content (AvgIpc) is 2.74. The number of thiocarbonyl (C=S) groups is 1. The zero-order valence-electron chi connectivity index (χ0n) is 16.1. The summed E-state index contributed by atoms with van der Waals surface area (Å²) in [7, 11) is 3.24. The molecule has 0 heterocycles. The van der Waals surface area contributed by atoms with Crippen LogP contribution in [0.25, 0.3) is 0 Å². The molecule has 0 atom stereocenters. The Morgan fingerprint density at radius 2 is 1.36 bits per heavy atom. The van der Waals surface area contributed by atoms with E-state index in [1.165, 1.54) is 11.1 Å². The highest BCUT2D eigenvalue weighted by atomic mass is 32.1. The Morgan fingerprint density at radius 3 is 1.86 bits per heavy atom. The van der Waals surface area contributed by atoms with Crippen molar-refractivity contribution in [3.05, 3.63) is 90.0 Å². The molecular formula is C23H24N2O2S. The Hall–Kier alpha value is -3.05. The molecule has 0 saturated carbocycles. The van der Waals surface area contributed by atoms with Crippen LogP contribution in [0.4, 0.5) is 5.69 Å². The standard InChI is InChI=1S/C23H24N2O2S/c1-26-21-15-9-14-20(22(21)27-2)24-23(28)25(16-18-10-5-3-6-11-18)17-19-12-7-4-8-13-19/h3-15H,16-17H2,1-2H3,(H,24,28). The zero-order chi connectivity index (χ0) is 19.8. The summed E-state index contributed by atoms with van der Waals surface area (Å²) in [6, 6.07) is 26.3. The Kier molecular flexibility index (Phi) is 6.87. The summed E-state index contributed by atoms with van der Waals surface area (Å²) in [4.78, 5) is 2.14. The van der Waals surface area contributed by atoms with E-state index in [4.69, 9.17) is 21.7 Å². The Bertz CT molecular complexity index is 859. The van der Waals surface area contributed by atoms with E-state index in [9.17, 15) is 0 Å². The summed E-state index contributed by atoms with van der Waals surface area (Å²) in [6.07, 6.45) is 0. The molecule has 3 aromatic carbocycles. The molecule has 0 aromatic heterocycles. The fourth-order valence-corrected chi connectivity index (χ4v) is 3.23. The van der Waals surface area contributed by atoms with Crippen molar-refractivity contribution in [1.29, 1.82) is 0 Å². The van der Waals surface area contributed by atoms with Gasteiger partial charge in [-0.25, -0.2) is 0 Å². The zero-order valence-corrected chi connectivity index (χ0v) is 16.9. The summed E-state index contributed by atoms with van der Waals surface area (Å²) >= 11 is 5.76. The molecule has 3 aromatic rings. The van der Waals surface area contributed by atoms with Crippen molar-refractivity contribution in [3.8, 4) is 11.5 Å². The first kappa shape index (κ1) is 19.7. The third-order valence-electron chi connectivity index (χ3n) is 4.36. The quantitative estimate of drug-likeness (QED) is 0.566. The summed E-state index contributed by atoms with van der Waals surface area (Å²) in [5, 5.41) is 3.95. The van der Waals surface area contributed by atoms with Crippen molar-refractivity contribution in [2.45, 2.75) is 13.1 Å². The van der Waals surface area contributed by atoms with Gasteiger partial charge in [-0.15, -0.1) is 0 Å². The minimum absolute atomic E-state index is 0.624. The number of benzene rings is 3. The summed E-state index contributed by atoms with van der Waals surface area (Å²) in [6.45, 7) is 1.40. The lowest BCUT2D eigenvalue weighted by Gasteiger charge is -2.27. The van der Waals surface area contributed by atoms with Crippen LogP contribution < -0.4 is 14.8 Å². The van der Waals surface area contributed by atoms with Crippen LogP contribution in [0.3, 0.4) is 0 Å². The lowest BCUT2D eigenvalue weighted by atomic mass is 10.2. The normalized spacial score (nSPS) is 10.2. The maximum absolute atomic E-state index is 5.76. The monoisotopic (exact) mass is 392 g/mol. The summed E-state index contributed by atoms with van der Waals surface area (Å²) in [5.41, 5.74) is 3.17. The molecule has 0 unspecified atom stereocenters. The lowest BCUT2D eigenvalue weighted by molar-refractivity contribution is 0.356. The SMILES string of the molecule is COc1cccc(NC(=S)N(Cc2ccccc2)Cc2ccccc2)c1OC.